The summed E-state index contributed by atoms with van der Waals surface area (Å²) in [5.74, 6) is 0.864. The lowest BCUT2D eigenvalue weighted by molar-refractivity contribution is 0.348. The molecule has 5 nitrogen and oxygen atoms in total. The maximum absolute atomic E-state index is 11.1. The Bertz CT molecular complexity index is 549. The number of hydrogen-bond acceptors (Lipinski definition) is 3. The highest BCUT2D eigenvalue weighted by Gasteiger charge is 2.30. The Morgan fingerprint density at radius 3 is 2.75 bits per heavy atom. The molecule has 20 heavy (non-hydrogen) atoms. The van der Waals surface area contributed by atoms with Gasteiger partial charge >= 0.3 is 0 Å². The van der Waals surface area contributed by atoms with Gasteiger partial charge in [0.2, 0.25) is 0 Å². The van der Waals surface area contributed by atoms with Crippen LogP contribution in [-0.4, -0.2) is 18.2 Å². The minimum absolute atomic E-state index is 0.0463. The summed E-state index contributed by atoms with van der Waals surface area (Å²) in [4.78, 5) is 0. The Labute approximate surface area is 121 Å². The normalized spacial score (nSPS) is 22.2. The Morgan fingerprint density at radius 2 is 2.20 bits per heavy atom. The van der Waals surface area contributed by atoms with E-state index >= 15 is 0 Å². The molecule has 0 saturated heterocycles. The van der Waals surface area contributed by atoms with Crippen LogP contribution in [0.15, 0.2) is 17.3 Å². The van der Waals surface area contributed by atoms with Crippen LogP contribution in [0.1, 0.15) is 52.4 Å². The molecule has 1 saturated carbocycles. The third-order valence-electron chi connectivity index (χ3n) is 4.23. The van der Waals surface area contributed by atoms with Crippen LogP contribution in [0.25, 0.3) is 0 Å². The van der Waals surface area contributed by atoms with E-state index in [-0.39, 0.29) is 5.03 Å². The van der Waals surface area contributed by atoms with Crippen LogP contribution in [0, 0.1) is 11.3 Å². The minimum atomic E-state index is -3.67. The molecule has 0 radical (unpaired) electrons. The second-order valence-electron chi connectivity index (χ2n) is 6.73. The van der Waals surface area contributed by atoms with Gasteiger partial charge < -0.3 is 0 Å². The molecule has 1 aromatic rings. The van der Waals surface area contributed by atoms with Crippen LogP contribution in [0.2, 0.25) is 0 Å². The second-order valence-corrected chi connectivity index (χ2v) is 8.24. The number of sulfonamides is 1. The zero-order valence-electron chi connectivity index (χ0n) is 12.4. The van der Waals surface area contributed by atoms with Crippen molar-refractivity contribution in [2.75, 3.05) is 0 Å². The molecule has 1 heterocycles. The smallest absolute Gasteiger partial charge is 0.257 e. The van der Waals surface area contributed by atoms with Gasteiger partial charge in [0.15, 0.2) is 5.03 Å². The molecule has 1 aliphatic rings. The fourth-order valence-corrected chi connectivity index (χ4v) is 3.62. The maximum Gasteiger partial charge on any atom is 0.257 e. The number of aryl methyl sites for hydroxylation is 1. The maximum atomic E-state index is 11.1. The van der Waals surface area contributed by atoms with Crippen LogP contribution in [0.4, 0.5) is 0 Å². The summed E-state index contributed by atoms with van der Waals surface area (Å²) in [6.07, 6.45) is 9.18. The van der Waals surface area contributed by atoms with Crippen LogP contribution < -0.4 is 5.14 Å². The molecule has 1 aromatic heterocycles. The second kappa shape index (κ2) is 5.85. The van der Waals surface area contributed by atoms with Gasteiger partial charge in [0.25, 0.3) is 10.0 Å². The summed E-state index contributed by atoms with van der Waals surface area (Å²) in [6, 6.07) is 1.45. The fourth-order valence-electron chi connectivity index (χ4n) is 3.15. The van der Waals surface area contributed by atoms with Crippen molar-refractivity contribution >= 4 is 10.0 Å². The Hall–Kier alpha value is -0.880. The zero-order chi connectivity index (χ0) is 14.8. The van der Waals surface area contributed by atoms with Crippen molar-refractivity contribution in [1.82, 2.24) is 9.78 Å². The molecule has 0 aliphatic heterocycles. The van der Waals surface area contributed by atoms with E-state index in [1.807, 2.05) is 0 Å². The van der Waals surface area contributed by atoms with Gasteiger partial charge in [-0.05, 0) is 43.1 Å². The molecule has 0 spiro atoms. The van der Waals surface area contributed by atoms with Gasteiger partial charge in [-0.15, -0.1) is 0 Å². The van der Waals surface area contributed by atoms with Crippen molar-refractivity contribution in [3.63, 3.8) is 0 Å². The molecule has 1 aliphatic carbocycles. The van der Waals surface area contributed by atoms with E-state index in [2.05, 4.69) is 18.9 Å². The summed E-state index contributed by atoms with van der Waals surface area (Å²) in [5, 5.41) is 8.96. The Morgan fingerprint density at radius 1 is 1.45 bits per heavy atom. The summed E-state index contributed by atoms with van der Waals surface area (Å²) in [6.45, 7) is 5.46. The predicted molar refractivity (Wildman–Crippen MR) is 78.6 cm³/mol. The molecule has 6 heteroatoms. The lowest BCUT2D eigenvalue weighted by atomic mass is 9.89. The van der Waals surface area contributed by atoms with E-state index in [1.54, 1.807) is 10.9 Å². The van der Waals surface area contributed by atoms with Crippen LogP contribution in [-0.2, 0) is 16.6 Å². The van der Waals surface area contributed by atoms with Gasteiger partial charge in [0.05, 0.1) is 0 Å². The van der Waals surface area contributed by atoms with Gasteiger partial charge in [-0.3, -0.25) is 4.68 Å². The fraction of sp³-hybridized carbons (Fsp3) is 0.786. The molecule has 1 unspecified atom stereocenters. The molecular formula is C14H25N3O2S. The predicted octanol–water partition coefficient (Wildman–Crippen LogP) is 2.53. The minimum Gasteiger partial charge on any atom is -0.271 e. The molecule has 0 bridgehead atoms. The van der Waals surface area contributed by atoms with Gasteiger partial charge in [-0.2, -0.15) is 5.10 Å². The molecule has 1 atom stereocenters. The summed E-state index contributed by atoms with van der Waals surface area (Å²) < 4.78 is 23.9. The van der Waals surface area contributed by atoms with Gasteiger partial charge in [0.1, 0.15) is 0 Å². The van der Waals surface area contributed by atoms with E-state index in [0.717, 1.165) is 18.9 Å². The first kappa shape index (κ1) is 15.5. The average Bonchev–Trinajstić information content (AvgIpc) is 2.90. The largest absolute Gasteiger partial charge is 0.271 e. The van der Waals surface area contributed by atoms with Gasteiger partial charge in [-0.1, -0.05) is 26.7 Å². The van der Waals surface area contributed by atoms with E-state index in [4.69, 9.17) is 5.14 Å². The van der Waals surface area contributed by atoms with E-state index in [9.17, 15) is 8.42 Å². The number of aromatic nitrogens is 2. The van der Waals surface area contributed by atoms with E-state index < -0.39 is 10.0 Å². The van der Waals surface area contributed by atoms with E-state index in [1.165, 1.54) is 38.2 Å². The summed E-state index contributed by atoms with van der Waals surface area (Å²) >= 11 is 0. The quantitative estimate of drug-likeness (QED) is 0.820. The number of unbranched alkanes of at least 4 members (excludes halogenated alkanes) is 1. The number of primary sulfonamides is 1. The Balaban J connectivity index is 1.70. The highest BCUT2D eigenvalue weighted by molar-refractivity contribution is 7.89. The number of rotatable bonds is 6. The van der Waals surface area contributed by atoms with Gasteiger partial charge in [0, 0.05) is 12.7 Å². The van der Waals surface area contributed by atoms with Crippen molar-refractivity contribution in [2.45, 2.75) is 63.9 Å². The molecule has 0 amide bonds. The zero-order valence-corrected chi connectivity index (χ0v) is 13.2. The topological polar surface area (TPSA) is 78.0 Å². The molecule has 114 valence electrons. The molecular weight excluding hydrogens is 274 g/mol. The summed E-state index contributed by atoms with van der Waals surface area (Å²) in [5.41, 5.74) is 0.525. The third-order valence-corrected chi connectivity index (χ3v) is 5.03. The van der Waals surface area contributed by atoms with Gasteiger partial charge in [-0.25, -0.2) is 13.6 Å². The number of hydrogen-bond donors (Lipinski definition) is 1. The first-order valence-electron chi connectivity index (χ1n) is 7.33. The Kier molecular flexibility index (Phi) is 4.54. The number of nitrogens with zero attached hydrogens (tertiary/aromatic N) is 2. The van der Waals surface area contributed by atoms with Crippen LogP contribution in [0.3, 0.4) is 0 Å². The van der Waals surface area contributed by atoms with Crippen molar-refractivity contribution in [1.29, 1.82) is 0 Å². The molecule has 0 aromatic carbocycles. The molecule has 1 fully saturated rings. The third kappa shape index (κ3) is 4.31. The molecule has 2 rings (SSSR count). The SMILES string of the molecule is CC1(C)CCC(CCCCn2ccc(S(N)(=O)=O)n2)C1. The van der Waals surface area contributed by atoms with Crippen LogP contribution >= 0.6 is 0 Å². The van der Waals surface area contributed by atoms with Crippen molar-refractivity contribution < 1.29 is 8.42 Å². The van der Waals surface area contributed by atoms with Crippen LogP contribution in [0.5, 0.6) is 0 Å². The highest BCUT2D eigenvalue weighted by Crippen LogP contribution is 2.42. The lowest BCUT2D eigenvalue weighted by Gasteiger charge is -2.16. The van der Waals surface area contributed by atoms with Crippen molar-refractivity contribution in [2.24, 2.45) is 16.5 Å². The monoisotopic (exact) mass is 299 g/mol. The first-order valence-corrected chi connectivity index (χ1v) is 8.87. The number of nitrogens with two attached hydrogens (primary N) is 1. The van der Waals surface area contributed by atoms with Crippen molar-refractivity contribution in [3.8, 4) is 0 Å². The summed E-state index contributed by atoms with van der Waals surface area (Å²) in [7, 11) is -3.67. The standard InChI is InChI=1S/C14H25N3O2S/c1-14(2)8-6-12(11-14)5-3-4-9-17-10-7-13(16-17)20(15,18)19/h7,10,12H,3-6,8-9,11H2,1-2H3,(H2,15,18,19). The molecule has 2 N–H and O–H groups in total. The highest BCUT2D eigenvalue weighted by atomic mass is 32.2. The first-order chi connectivity index (χ1) is 9.26. The van der Waals surface area contributed by atoms with Crippen molar-refractivity contribution in [3.05, 3.63) is 12.3 Å². The average molecular weight is 299 g/mol. The lowest BCUT2D eigenvalue weighted by Crippen LogP contribution is -2.13. The van der Waals surface area contributed by atoms with E-state index in [0.29, 0.717) is 5.41 Å².